The fraction of sp³-hybridized carbons (Fsp3) is 0.125. The van der Waals surface area contributed by atoms with Gasteiger partial charge in [0.05, 0.1) is 18.5 Å². The van der Waals surface area contributed by atoms with Crippen LogP contribution in [0.2, 0.25) is 0 Å². The molecule has 0 saturated heterocycles. The minimum atomic E-state index is -0.945. The first-order chi connectivity index (χ1) is 14.9. The molecule has 0 fully saturated rings. The number of fused-ring (bicyclic) bond motifs is 1. The van der Waals surface area contributed by atoms with Gasteiger partial charge in [-0.05, 0) is 60.0 Å². The van der Waals surface area contributed by atoms with E-state index in [2.05, 4.69) is 10.3 Å². The first kappa shape index (κ1) is 20.4. The number of hydrogen-bond acceptors (Lipinski definition) is 4. The number of nitrogens with one attached hydrogen (secondary N) is 1. The highest BCUT2D eigenvalue weighted by Crippen LogP contribution is 2.40. The van der Waals surface area contributed by atoms with Crippen molar-refractivity contribution in [2.24, 2.45) is 0 Å². The van der Waals surface area contributed by atoms with Gasteiger partial charge in [-0.15, -0.1) is 0 Å². The van der Waals surface area contributed by atoms with Crippen LogP contribution in [-0.2, 0) is 4.79 Å². The molecule has 0 aliphatic rings. The smallest absolute Gasteiger partial charge is 0.221 e. The molecule has 0 aliphatic heterocycles. The Bertz CT molecular complexity index is 1310. The van der Waals surface area contributed by atoms with E-state index >= 15 is 0 Å². The average molecular weight is 419 g/mol. The largest absolute Gasteiger partial charge is 0.494 e. The SMILES string of the molecule is COc1cc(-c2ccc(F)c(F)c2)cc2c(NC(C)=O)c(C)c(-c3cccnc3)nc12. The van der Waals surface area contributed by atoms with E-state index in [1.807, 2.05) is 19.1 Å². The zero-order valence-electron chi connectivity index (χ0n) is 17.2. The monoisotopic (exact) mass is 419 g/mol. The summed E-state index contributed by atoms with van der Waals surface area (Å²) in [7, 11) is 1.51. The highest BCUT2D eigenvalue weighted by atomic mass is 19.2. The molecule has 4 rings (SSSR count). The number of anilines is 1. The van der Waals surface area contributed by atoms with Crippen molar-refractivity contribution in [3.63, 3.8) is 0 Å². The third-order valence-corrected chi connectivity index (χ3v) is 5.01. The van der Waals surface area contributed by atoms with E-state index in [1.165, 1.54) is 20.1 Å². The van der Waals surface area contributed by atoms with Crippen LogP contribution in [0.1, 0.15) is 12.5 Å². The summed E-state index contributed by atoms with van der Waals surface area (Å²) >= 11 is 0. The number of carbonyl (C=O) groups excluding carboxylic acids is 1. The first-order valence-electron chi connectivity index (χ1n) is 9.54. The normalized spacial score (nSPS) is 10.9. The Morgan fingerprint density at radius 1 is 1.03 bits per heavy atom. The molecule has 1 amide bonds. The van der Waals surface area contributed by atoms with Crippen LogP contribution < -0.4 is 10.1 Å². The van der Waals surface area contributed by atoms with Crippen LogP contribution in [0.3, 0.4) is 0 Å². The minimum Gasteiger partial charge on any atom is -0.494 e. The van der Waals surface area contributed by atoms with Crippen molar-refractivity contribution < 1.29 is 18.3 Å². The van der Waals surface area contributed by atoms with Gasteiger partial charge in [-0.2, -0.15) is 0 Å². The lowest BCUT2D eigenvalue weighted by Gasteiger charge is -2.18. The average Bonchev–Trinajstić information content (AvgIpc) is 2.77. The number of aromatic nitrogens is 2. The second kappa shape index (κ2) is 8.10. The number of methoxy groups -OCH3 is 1. The predicted octanol–water partition coefficient (Wildman–Crippen LogP) is 5.52. The van der Waals surface area contributed by atoms with Crippen molar-refractivity contribution in [1.82, 2.24) is 9.97 Å². The molecule has 5 nitrogen and oxygen atoms in total. The molecule has 4 aromatic rings. The molecule has 0 unspecified atom stereocenters. The van der Waals surface area contributed by atoms with Crippen LogP contribution >= 0.6 is 0 Å². The molecule has 0 bridgehead atoms. The maximum atomic E-state index is 13.8. The lowest BCUT2D eigenvalue weighted by molar-refractivity contribution is -0.114. The molecule has 0 radical (unpaired) electrons. The van der Waals surface area contributed by atoms with Crippen LogP contribution in [0.5, 0.6) is 5.75 Å². The van der Waals surface area contributed by atoms with Crippen LogP contribution in [0, 0.1) is 18.6 Å². The molecule has 0 saturated carbocycles. The molecule has 2 heterocycles. The third kappa shape index (κ3) is 3.82. The topological polar surface area (TPSA) is 64.1 Å². The molecular formula is C24H19F2N3O2. The van der Waals surface area contributed by atoms with Gasteiger partial charge in [-0.25, -0.2) is 13.8 Å². The van der Waals surface area contributed by atoms with Gasteiger partial charge in [-0.3, -0.25) is 9.78 Å². The number of carbonyl (C=O) groups is 1. The molecule has 0 spiro atoms. The molecule has 1 N–H and O–H groups in total. The summed E-state index contributed by atoms with van der Waals surface area (Å²) < 4.78 is 32.8. The van der Waals surface area contributed by atoms with Gasteiger partial charge in [0, 0.05) is 30.3 Å². The van der Waals surface area contributed by atoms with E-state index in [0.717, 1.165) is 23.3 Å². The molecule has 0 aliphatic carbocycles. The summed E-state index contributed by atoms with van der Waals surface area (Å²) in [5.41, 5.74) is 4.37. The summed E-state index contributed by atoms with van der Waals surface area (Å²) in [4.78, 5) is 20.9. The van der Waals surface area contributed by atoms with E-state index in [4.69, 9.17) is 9.72 Å². The van der Waals surface area contributed by atoms with Crippen molar-refractivity contribution in [2.45, 2.75) is 13.8 Å². The van der Waals surface area contributed by atoms with Crippen LogP contribution in [-0.4, -0.2) is 23.0 Å². The van der Waals surface area contributed by atoms with Gasteiger partial charge < -0.3 is 10.1 Å². The van der Waals surface area contributed by atoms with Crippen LogP contribution in [0.25, 0.3) is 33.3 Å². The zero-order chi connectivity index (χ0) is 22.1. The quantitative estimate of drug-likeness (QED) is 0.473. The van der Waals surface area contributed by atoms with Crippen LogP contribution in [0.4, 0.5) is 14.5 Å². The van der Waals surface area contributed by atoms with Gasteiger partial charge in [0.25, 0.3) is 0 Å². The summed E-state index contributed by atoms with van der Waals surface area (Å²) in [5, 5.41) is 3.51. The molecule has 156 valence electrons. The highest BCUT2D eigenvalue weighted by Gasteiger charge is 2.19. The van der Waals surface area contributed by atoms with Crippen LogP contribution in [0.15, 0.2) is 54.9 Å². The lowest BCUT2D eigenvalue weighted by Crippen LogP contribution is -2.09. The van der Waals surface area contributed by atoms with E-state index in [9.17, 15) is 13.6 Å². The third-order valence-electron chi connectivity index (χ3n) is 5.01. The van der Waals surface area contributed by atoms with Crippen molar-refractivity contribution >= 4 is 22.5 Å². The highest BCUT2D eigenvalue weighted by molar-refractivity contribution is 6.06. The fourth-order valence-electron chi connectivity index (χ4n) is 3.55. The Morgan fingerprint density at radius 3 is 2.48 bits per heavy atom. The number of halogens is 2. The number of hydrogen-bond donors (Lipinski definition) is 1. The number of benzene rings is 2. The Balaban J connectivity index is 2.05. The second-order valence-corrected chi connectivity index (χ2v) is 7.09. The summed E-state index contributed by atoms with van der Waals surface area (Å²) in [6.45, 7) is 3.28. The zero-order valence-corrected chi connectivity index (χ0v) is 17.2. The van der Waals surface area contributed by atoms with E-state index in [1.54, 1.807) is 24.5 Å². The predicted molar refractivity (Wildman–Crippen MR) is 116 cm³/mol. The molecular weight excluding hydrogens is 400 g/mol. The molecule has 2 aromatic heterocycles. The van der Waals surface area contributed by atoms with Gasteiger partial charge in [0.1, 0.15) is 11.3 Å². The van der Waals surface area contributed by atoms with E-state index in [-0.39, 0.29) is 5.91 Å². The molecule has 7 heteroatoms. The Kier molecular flexibility index (Phi) is 5.33. The van der Waals surface area contributed by atoms with Crippen molar-refractivity contribution in [2.75, 3.05) is 12.4 Å². The summed E-state index contributed by atoms with van der Waals surface area (Å²) in [6, 6.07) is 10.9. The number of ether oxygens (including phenoxy) is 1. The Hall–Kier alpha value is -3.87. The molecule has 2 aromatic carbocycles. The number of rotatable bonds is 4. The van der Waals surface area contributed by atoms with Crippen molar-refractivity contribution in [1.29, 1.82) is 0 Å². The van der Waals surface area contributed by atoms with Crippen molar-refractivity contribution in [3.05, 3.63) is 72.1 Å². The Labute approximate surface area is 177 Å². The van der Waals surface area contributed by atoms with Gasteiger partial charge in [-0.1, -0.05) is 6.07 Å². The minimum absolute atomic E-state index is 0.245. The number of nitrogens with zero attached hydrogens (tertiary/aromatic N) is 2. The number of pyridine rings is 2. The number of amides is 1. The maximum Gasteiger partial charge on any atom is 0.221 e. The maximum absolute atomic E-state index is 13.8. The Morgan fingerprint density at radius 2 is 1.84 bits per heavy atom. The van der Waals surface area contributed by atoms with Gasteiger partial charge in [0.2, 0.25) is 5.91 Å². The van der Waals surface area contributed by atoms with Crippen molar-refractivity contribution in [3.8, 4) is 28.1 Å². The van der Waals surface area contributed by atoms with E-state index < -0.39 is 11.6 Å². The molecule has 0 atom stereocenters. The molecule has 31 heavy (non-hydrogen) atoms. The second-order valence-electron chi connectivity index (χ2n) is 7.09. The standard InChI is InChI=1S/C24H19F2N3O2/c1-13-22(16-5-4-8-27-12-16)29-24-18(23(13)28-14(2)30)9-17(11-21(24)31-3)15-6-7-19(25)20(26)10-15/h4-12H,1-3H3,(H,28,29,30). The van der Waals surface area contributed by atoms with Gasteiger partial charge >= 0.3 is 0 Å². The summed E-state index contributed by atoms with van der Waals surface area (Å²) in [6.07, 6.45) is 3.37. The lowest BCUT2D eigenvalue weighted by atomic mass is 9.98. The van der Waals surface area contributed by atoms with E-state index in [0.29, 0.717) is 39.2 Å². The first-order valence-corrected chi connectivity index (χ1v) is 9.54. The van der Waals surface area contributed by atoms with Gasteiger partial charge in [0.15, 0.2) is 11.6 Å². The summed E-state index contributed by atoms with van der Waals surface area (Å²) in [5.74, 6) is -1.67. The fourth-order valence-corrected chi connectivity index (χ4v) is 3.55.